The Morgan fingerprint density at radius 3 is 1.78 bits per heavy atom. The summed E-state index contributed by atoms with van der Waals surface area (Å²) in [6, 6.07) is 5.34. The molecule has 0 bridgehead atoms. The molecule has 0 unspecified atom stereocenters. The molecule has 0 spiro atoms. The van der Waals surface area contributed by atoms with Crippen LogP contribution in [0.15, 0.2) is 63.5 Å². The standard InChI is InChI=1S/C18H18N6O3/c1-25-23-17(19)11-3-5-13(21-9-11)15-7-8-16(27-15)14-6-4-12(10-22-14)18(20)24-26-2/h3-10H,1-2H3,(H2,19,23)(H2,20,24)/i1D3,2D3,7D,8D. The van der Waals surface area contributed by atoms with Crippen molar-refractivity contribution in [1.29, 1.82) is 0 Å². The summed E-state index contributed by atoms with van der Waals surface area (Å²) in [5.41, 5.74) is 12.3. The molecule has 0 aliphatic rings. The first-order chi connectivity index (χ1) is 16.2. The number of furan rings is 1. The SMILES string of the molecule is [2H]c1c(-c2ccc(/C(N)=N\OC([2H])([2H])[2H])cn2)oc(-c2ccc(/C(N)=N\OC([2H])([2H])[2H])cn2)c1[2H]. The van der Waals surface area contributed by atoms with E-state index in [1.807, 2.05) is 0 Å². The average Bonchev–Trinajstić information content (AvgIpc) is 3.09. The molecule has 3 rings (SSSR count). The Morgan fingerprint density at radius 1 is 0.926 bits per heavy atom. The molecule has 0 aromatic carbocycles. The molecule has 4 N–H and O–H groups in total. The molecule has 0 aliphatic carbocycles. The number of aromatic nitrogens is 2. The van der Waals surface area contributed by atoms with Gasteiger partial charge in [-0.1, -0.05) is 10.3 Å². The zero-order valence-corrected chi connectivity index (χ0v) is 13.6. The van der Waals surface area contributed by atoms with E-state index < -0.39 is 14.1 Å². The topological polar surface area (TPSA) is 134 Å². The summed E-state index contributed by atoms with van der Waals surface area (Å²) in [7, 11) is -5.49. The van der Waals surface area contributed by atoms with Crippen molar-refractivity contribution in [1.82, 2.24) is 9.97 Å². The molecule has 3 heterocycles. The van der Waals surface area contributed by atoms with Crippen molar-refractivity contribution >= 4 is 11.7 Å². The number of hydrogen-bond donors (Lipinski definition) is 2. The van der Waals surface area contributed by atoms with Crippen LogP contribution >= 0.6 is 0 Å². The number of nitrogens with zero attached hydrogens (tertiary/aromatic N) is 4. The summed E-state index contributed by atoms with van der Waals surface area (Å²) >= 11 is 0. The summed E-state index contributed by atoms with van der Waals surface area (Å²) in [6.45, 7) is 0. The van der Waals surface area contributed by atoms with Gasteiger partial charge in [0, 0.05) is 23.5 Å². The summed E-state index contributed by atoms with van der Waals surface area (Å²) in [5.74, 6) is -0.458. The van der Waals surface area contributed by atoms with Gasteiger partial charge in [-0.05, 0) is 36.4 Å². The maximum absolute atomic E-state index is 8.21. The molecule has 27 heavy (non-hydrogen) atoms. The van der Waals surface area contributed by atoms with E-state index in [1.165, 1.54) is 36.7 Å². The molecule has 0 amide bonds. The van der Waals surface area contributed by atoms with Gasteiger partial charge in [0.25, 0.3) is 0 Å². The Hall–Kier alpha value is -3.88. The first-order valence-corrected chi connectivity index (χ1v) is 7.32. The lowest BCUT2D eigenvalue weighted by atomic mass is 10.2. The molecule has 9 nitrogen and oxygen atoms in total. The number of oxime groups is 2. The van der Waals surface area contributed by atoms with Crippen LogP contribution in [0.25, 0.3) is 22.9 Å². The van der Waals surface area contributed by atoms with Gasteiger partial charge < -0.3 is 25.6 Å². The molecule has 0 saturated carbocycles. The van der Waals surface area contributed by atoms with Gasteiger partial charge in [-0.2, -0.15) is 0 Å². The first kappa shape index (κ1) is 10.3. The van der Waals surface area contributed by atoms with Crippen LogP contribution in [0.2, 0.25) is 0 Å². The van der Waals surface area contributed by atoms with Crippen molar-refractivity contribution in [2.75, 3.05) is 14.1 Å². The maximum atomic E-state index is 8.21. The average molecular weight is 374 g/mol. The molecule has 3 aromatic heterocycles. The number of nitrogens with two attached hydrogens (primary N) is 2. The van der Waals surface area contributed by atoms with Gasteiger partial charge in [0.1, 0.15) is 25.5 Å². The van der Waals surface area contributed by atoms with Crippen LogP contribution in [0.1, 0.15) is 22.1 Å². The second-order valence-electron chi connectivity index (χ2n) is 5.01. The van der Waals surface area contributed by atoms with Crippen molar-refractivity contribution < 1.29 is 25.1 Å². The molecule has 0 aliphatic heterocycles. The Bertz CT molecular complexity index is 1160. The smallest absolute Gasteiger partial charge is 0.171 e. The lowest BCUT2D eigenvalue weighted by molar-refractivity contribution is 0.213. The lowest BCUT2D eigenvalue weighted by Crippen LogP contribution is -2.13. The van der Waals surface area contributed by atoms with Crippen LogP contribution in [0, 0.1) is 0 Å². The summed E-state index contributed by atoms with van der Waals surface area (Å²) < 4.78 is 63.9. The summed E-state index contributed by atoms with van der Waals surface area (Å²) in [4.78, 5) is 16.9. The van der Waals surface area contributed by atoms with Crippen LogP contribution in [-0.2, 0) is 9.68 Å². The molecular weight excluding hydrogens is 348 g/mol. The van der Waals surface area contributed by atoms with E-state index in [4.69, 9.17) is 26.9 Å². The Labute approximate surface area is 166 Å². The first-order valence-electron chi connectivity index (χ1n) is 11.3. The monoisotopic (exact) mass is 374 g/mol. The zero-order valence-electron chi connectivity index (χ0n) is 21.6. The Morgan fingerprint density at radius 2 is 1.41 bits per heavy atom. The number of amidine groups is 2. The van der Waals surface area contributed by atoms with Gasteiger partial charge in [0.15, 0.2) is 23.2 Å². The molecule has 0 saturated heterocycles. The van der Waals surface area contributed by atoms with Crippen molar-refractivity contribution in [2.24, 2.45) is 21.8 Å². The molecule has 9 heteroatoms. The second-order valence-corrected chi connectivity index (χ2v) is 5.01. The highest BCUT2D eigenvalue weighted by Gasteiger charge is 2.10. The summed E-state index contributed by atoms with van der Waals surface area (Å²) in [5, 5.41) is 6.65. The predicted molar refractivity (Wildman–Crippen MR) is 101 cm³/mol. The molecule has 3 aromatic rings. The quantitative estimate of drug-likeness (QED) is 0.382. The number of rotatable bonds is 6. The van der Waals surface area contributed by atoms with Crippen molar-refractivity contribution in [3.8, 4) is 22.9 Å². The molecule has 138 valence electrons. The van der Waals surface area contributed by atoms with Crippen LogP contribution in [-0.4, -0.2) is 35.7 Å². The fourth-order valence-electron chi connectivity index (χ4n) is 2.06. The normalized spacial score (nSPS) is 17.3. The minimum atomic E-state index is -2.75. The minimum absolute atomic E-state index is 0.0103. The highest BCUT2D eigenvalue weighted by Crippen LogP contribution is 2.26. The van der Waals surface area contributed by atoms with E-state index in [0.29, 0.717) is 0 Å². The fraction of sp³-hybridized carbons (Fsp3) is 0.111. The van der Waals surface area contributed by atoms with Gasteiger partial charge >= 0.3 is 0 Å². The lowest BCUT2D eigenvalue weighted by Gasteiger charge is -2.02. The highest BCUT2D eigenvalue weighted by atomic mass is 16.6. The Balaban J connectivity index is 1.84. The predicted octanol–water partition coefficient (Wildman–Crippen LogP) is 1.94. The van der Waals surface area contributed by atoms with Crippen LogP contribution in [0.3, 0.4) is 0 Å². The third-order valence-electron chi connectivity index (χ3n) is 3.37. The van der Waals surface area contributed by atoms with Gasteiger partial charge in [0.05, 0.1) is 11.0 Å². The van der Waals surface area contributed by atoms with E-state index >= 15 is 0 Å². The van der Waals surface area contributed by atoms with Gasteiger partial charge in [-0.3, -0.25) is 9.97 Å². The van der Waals surface area contributed by atoms with Crippen molar-refractivity contribution in [3.05, 3.63) is 59.9 Å². The van der Waals surface area contributed by atoms with E-state index in [1.54, 1.807) is 0 Å². The fourth-order valence-corrected chi connectivity index (χ4v) is 2.06. The van der Waals surface area contributed by atoms with E-state index in [0.717, 1.165) is 0 Å². The Kier molecular flexibility index (Phi) is 3.06. The number of hydrogen-bond acceptors (Lipinski definition) is 7. The van der Waals surface area contributed by atoms with Gasteiger partial charge in [-0.25, -0.2) is 0 Å². The van der Waals surface area contributed by atoms with E-state index in [-0.39, 0.29) is 57.8 Å². The van der Waals surface area contributed by atoms with Gasteiger partial charge in [-0.15, -0.1) is 0 Å². The van der Waals surface area contributed by atoms with Crippen LogP contribution < -0.4 is 11.5 Å². The third kappa shape index (κ3) is 4.03. The van der Waals surface area contributed by atoms with E-state index in [2.05, 4.69) is 30.0 Å². The van der Waals surface area contributed by atoms with Crippen LogP contribution in [0.5, 0.6) is 0 Å². The number of pyridine rings is 2. The second kappa shape index (κ2) is 8.00. The van der Waals surface area contributed by atoms with Crippen molar-refractivity contribution in [2.45, 2.75) is 0 Å². The summed E-state index contributed by atoms with van der Waals surface area (Å²) in [6.07, 6.45) is 2.55. The molecule has 0 radical (unpaired) electrons. The molecule has 0 fully saturated rings. The zero-order chi connectivity index (χ0) is 26.0. The minimum Gasteiger partial charge on any atom is -0.453 e. The maximum Gasteiger partial charge on any atom is 0.171 e. The molecule has 0 atom stereocenters. The van der Waals surface area contributed by atoms with E-state index in [9.17, 15) is 0 Å². The largest absolute Gasteiger partial charge is 0.453 e. The third-order valence-corrected chi connectivity index (χ3v) is 3.37. The van der Waals surface area contributed by atoms with Crippen LogP contribution in [0.4, 0.5) is 0 Å². The van der Waals surface area contributed by atoms with Gasteiger partial charge in [0.2, 0.25) is 0 Å². The highest BCUT2D eigenvalue weighted by molar-refractivity contribution is 5.97. The van der Waals surface area contributed by atoms with Crippen molar-refractivity contribution in [3.63, 3.8) is 0 Å². The molecular formula is C18H18N6O3.